The number of aliphatic hydroxyl groups excluding tert-OH is 1. The van der Waals surface area contributed by atoms with Crippen molar-refractivity contribution >= 4 is 17.5 Å². The summed E-state index contributed by atoms with van der Waals surface area (Å²) in [5.74, 6) is -0.278. The summed E-state index contributed by atoms with van der Waals surface area (Å²) in [6.07, 6.45) is 2.12. The molecule has 0 saturated heterocycles. The zero-order valence-corrected chi connectivity index (χ0v) is 10.2. The second-order valence-corrected chi connectivity index (χ2v) is 4.23. The van der Waals surface area contributed by atoms with E-state index in [1.54, 1.807) is 30.3 Å². The van der Waals surface area contributed by atoms with Crippen LogP contribution in [-0.4, -0.2) is 17.6 Å². The number of benzene rings is 1. The molecule has 0 saturated carbocycles. The molecule has 2 rings (SSSR count). The summed E-state index contributed by atoms with van der Waals surface area (Å²) in [6.45, 7) is 0.116. The molecular weight excluding hydrogens is 254 g/mol. The molecule has 1 amide bonds. The van der Waals surface area contributed by atoms with Crippen LogP contribution in [0.15, 0.2) is 47.3 Å². The van der Waals surface area contributed by atoms with E-state index in [1.807, 2.05) is 0 Å². The fourth-order valence-corrected chi connectivity index (χ4v) is 1.69. The lowest BCUT2D eigenvalue weighted by Gasteiger charge is -2.10. The van der Waals surface area contributed by atoms with Gasteiger partial charge in [0.05, 0.1) is 18.6 Å². The number of furan rings is 1. The molecule has 0 aliphatic carbocycles. The molecule has 5 heteroatoms. The highest BCUT2D eigenvalue weighted by atomic mass is 35.5. The van der Waals surface area contributed by atoms with Crippen LogP contribution in [0, 0.1) is 0 Å². The number of nitrogens with one attached hydrogen (secondary N) is 1. The maximum Gasteiger partial charge on any atom is 0.251 e. The molecule has 0 aliphatic rings. The Balaban J connectivity index is 1.92. The van der Waals surface area contributed by atoms with E-state index in [4.69, 9.17) is 16.0 Å². The van der Waals surface area contributed by atoms with Crippen LogP contribution >= 0.6 is 11.6 Å². The third kappa shape index (κ3) is 3.12. The van der Waals surface area contributed by atoms with Gasteiger partial charge < -0.3 is 14.8 Å². The second kappa shape index (κ2) is 5.71. The highest BCUT2D eigenvalue weighted by molar-refractivity contribution is 6.30. The van der Waals surface area contributed by atoms with E-state index in [-0.39, 0.29) is 12.5 Å². The van der Waals surface area contributed by atoms with Crippen molar-refractivity contribution in [1.82, 2.24) is 5.32 Å². The molecule has 0 fully saturated rings. The molecule has 2 N–H and O–H groups in total. The predicted octanol–water partition coefficient (Wildman–Crippen LogP) is 2.40. The average molecular weight is 266 g/mol. The SMILES string of the molecule is O=C(NC[C@@H](O)c1ccoc1)c1cccc(Cl)c1. The highest BCUT2D eigenvalue weighted by Crippen LogP contribution is 2.13. The zero-order valence-electron chi connectivity index (χ0n) is 9.47. The van der Waals surface area contributed by atoms with Crippen LogP contribution in [0.4, 0.5) is 0 Å². The standard InChI is InChI=1S/C13H12ClNO3/c14-11-3-1-2-9(6-11)13(17)15-7-12(16)10-4-5-18-8-10/h1-6,8,12,16H,7H2,(H,15,17)/t12-/m1/s1. The summed E-state index contributed by atoms with van der Waals surface area (Å²) >= 11 is 5.79. The Labute approximate surface area is 109 Å². The van der Waals surface area contributed by atoms with E-state index in [2.05, 4.69) is 5.32 Å². The molecule has 1 aromatic carbocycles. The number of rotatable bonds is 4. The van der Waals surface area contributed by atoms with E-state index in [9.17, 15) is 9.90 Å². The van der Waals surface area contributed by atoms with E-state index in [0.717, 1.165) is 0 Å². The molecule has 2 aromatic rings. The van der Waals surface area contributed by atoms with Crippen molar-refractivity contribution in [1.29, 1.82) is 0 Å². The Morgan fingerprint density at radius 3 is 2.94 bits per heavy atom. The topological polar surface area (TPSA) is 62.5 Å². The lowest BCUT2D eigenvalue weighted by molar-refractivity contribution is 0.0916. The van der Waals surface area contributed by atoms with Gasteiger partial charge in [0.25, 0.3) is 5.91 Å². The Hall–Kier alpha value is -1.78. The Bertz CT molecular complexity index is 525. The van der Waals surface area contributed by atoms with Crippen molar-refractivity contribution < 1.29 is 14.3 Å². The molecule has 1 heterocycles. The minimum atomic E-state index is -0.785. The summed E-state index contributed by atoms with van der Waals surface area (Å²) in [5, 5.41) is 12.9. The van der Waals surface area contributed by atoms with Crippen molar-refractivity contribution in [3.05, 3.63) is 59.0 Å². The predicted molar refractivity (Wildman–Crippen MR) is 67.5 cm³/mol. The van der Waals surface area contributed by atoms with Gasteiger partial charge in [-0.25, -0.2) is 0 Å². The second-order valence-electron chi connectivity index (χ2n) is 3.79. The first-order chi connectivity index (χ1) is 8.66. The molecular formula is C13H12ClNO3. The minimum absolute atomic E-state index is 0.116. The van der Waals surface area contributed by atoms with Gasteiger partial charge in [-0.05, 0) is 24.3 Å². The van der Waals surface area contributed by atoms with Crippen molar-refractivity contribution in [3.8, 4) is 0 Å². The zero-order chi connectivity index (χ0) is 13.0. The number of carbonyl (C=O) groups excluding carboxylic acids is 1. The first-order valence-electron chi connectivity index (χ1n) is 5.41. The van der Waals surface area contributed by atoms with Gasteiger partial charge in [0.1, 0.15) is 0 Å². The summed E-state index contributed by atoms with van der Waals surface area (Å²) in [4.78, 5) is 11.8. The van der Waals surface area contributed by atoms with Gasteiger partial charge in [0.2, 0.25) is 0 Å². The highest BCUT2D eigenvalue weighted by Gasteiger charge is 2.11. The smallest absolute Gasteiger partial charge is 0.251 e. The number of hydrogen-bond acceptors (Lipinski definition) is 3. The first kappa shape index (κ1) is 12.7. The fraction of sp³-hybridized carbons (Fsp3) is 0.154. The summed E-state index contributed by atoms with van der Waals surface area (Å²) < 4.78 is 4.85. The third-order valence-electron chi connectivity index (χ3n) is 2.47. The normalized spacial score (nSPS) is 12.1. The summed E-state index contributed by atoms with van der Waals surface area (Å²) in [6, 6.07) is 8.27. The van der Waals surface area contributed by atoms with Crippen molar-refractivity contribution in [3.63, 3.8) is 0 Å². The molecule has 0 radical (unpaired) electrons. The van der Waals surface area contributed by atoms with Gasteiger partial charge in [-0.1, -0.05) is 17.7 Å². The van der Waals surface area contributed by atoms with Gasteiger partial charge >= 0.3 is 0 Å². The van der Waals surface area contributed by atoms with Gasteiger partial charge in [0.15, 0.2) is 0 Å². The first-order valence-corrected chi connectivity index (χ1v) is 5.78. The van der Waals surface area contributed by atoms with Crippen LogP contribution in [0.25, 0.3) is 0 Å². The van der Waals surface area contributed by atoms with Crippen molar-refractivity contribution in [2.75, 3.05) is 6.54 Å². The van der Waals surface area contributed by atoms with E-state index in [1.165, 1.54) is 12.5 Å². The van der Waals surface area contributed by atoms with Gasteiger partial charge in [-0.15, -0.1) is 0 Å². The number of carbonyl (C=O) groups is 1. The Morgan fingerprint density at radius 1 is 1.44 bits per heavy atom. The fourth-order valence-electron chi connectivity index (χ4n) is 1.50. The molecule has 0 aliphatic heterocycles. The molecule has 0 spiro atoms. The van der Waals surface area contributed by atoms with Crippen LogP contribution in [0.2, 0.25) is 5.02 Å². The average Bonchev–Trinajstić information content (AvgIpc) is 2.89. The van der Waals surface area contributed by atoms with Crippen LogP contribution in [0.5, 0.6) is 0 Å². The van der Waals surface area contributed by atoms with Crippen LogP contribution in [-0.2, 0) is 0 Å². The summed E-state index contributed by atoms with van der Waals surface area (Å²) in [7, 11) is 0. The lowest BCUT2D eigenvalue weighted by Crippen LogP contribution is -2.28. The van der Waals surface area contributed by atoms with Crippen LogP contribution < -0.4 is 5.32 Å². The van der Waals surface area contributed by atoms with Crippen LogP contribution in [0.3, 0.4) is 0 Å². The minimum Gasteiger partial charge on any atom is -0.472 e. The molecule has 94 valence electrons. The lowest BCUT2D eigenvalue weighted by atomic mass is 10.2. The van der Waals surface area contributed by atoms with Crippen molar-refractivity contribution in [2.24, 2.45) is 0 Å². The van der Waals surface area contributed by atoms with Gasteiger partial charge in [0, 0.05) is 22.7 Å². The molecule has 0 bridgehead atoms. The molecule has 4 nitrogen and oxygen atoms in total. The Morgan fingerprint density at radius 2 is 2.28 bits per heavy atom. The van der Waals surface area contributed by atoms with Crippen LogP contribution in [0.1, 0.15) is 22.0 Å². The quantitative estimate of drug-likeness (QED) is 0.892. The third-order valence-corrected chi connectivity index (χ3v) is 2.71. The van der Waals surface area contributed by atoms with E-state index < -0.39 is 6.10 Å². The van der Waals surface area contributed by atoms with Gasteiger partial charge in [-0.3, -0.25) is 4.79 Å². The molecule has 1 aromatic heterocycles. The molecule has 0 unspecified atom stereocenters. The number of amides is 1. The van der Waals surface area contributed by atoms with Gasteiger partial charge in [-0.2, -0.15) is 0 Å². The van der Waals surface area contributed by atoms with E-state index >= 15 is 0 Å². The maximum atomic E-state index is 11.8. The van der Waals surface area contributed by atoms with Crippen molar-refractivity contribution in [2.45, 2.75) is 6.10 Å². The Kier molecular flexibility index (Phi) is 4.02. The molecule has 1 atom stereocenters. The number of aliphatic hydroxyl groups is 1. The monoisotopic (exact) mass is 265 g/mol. The summed E-state index contributed by atoms with van der Waals surface area (Å²) in [5.41, 5.74) is 1.09. The number of hydrogen-bond donors (Lipinski definition) is 2. The number of halogens is 1. The molecule has 18 heavy (non-hydrogen) atoms. The largest absolute Gasteiger partial charge is 0.472 e. The maximum absolute atomic E-state index is 11.8. The van der Waals surface area contributed by atoms with E-state index in [0.29, 0.717) is 16.1 Å².